The largest absolute Gasteiger partial charge is 0.310 e. The second-order valence-electron chi connectivity index (χ2n) is 3.04. The molecule has 0 spiro atoms. The Kier molecular flexibility index (Phi) is 3.76. The molecule has 0 aliphatic rings. The summed E-state index contributed by atoms with van der Waals surface area (Å²) in [5.41, 5.74) is 1.81. The van der Waals surface area contributed by atoms with Crippen molar-refractivity contribution in [1.82, 2.24) is 20.5 Å². The summed E-state index contributed by atoms with van der Waals surface area (Å²) in [6.45, 7) is 3.98. The van der Waals surface area contributed by atoms with Crippen LogP contribution in [-0.2, 0) is 6.54 Å². The van der Waals surface area contributed by atoms with Crippen LogP contribution in [-0.4, -0.2) is 21.7 Å². The Bertz CT molecular complexity index is 396. The third kappa shape index (κ3) is 2.80. The molecule has 0 bridgehead atoms. The van der Waals surface area contributed by atoms with E-state index in [9.17, 15) is 0 Å². The molecule has 1 N–H and O–H groups in total. The van der Waals surface area contributed by atoms with E-state index < -0.39 is 0 Å². The van der Waals surface area contributed by atoms with E-state index in [0.717, 1.165) is 34.4 Å². The first-order valence-corrected chi connectivity index (χ1v) is 6.51. The molecule has 80 valence electrons. The zero-order valence-electron chi connectivity index (χ0n) is 8.43. The SMILES string of the molecule is CCCNCc1nnc(-c2cncs2)s1. The van der Waals surface area contributed by atoms with Crippen LogP contribution in [0.5, 0.6) is 0 Å². The van der Waals surface area contributed by atoms with Gasteiger partial charge in [0.05, 0.1) is 10.4 Å². The second kappa shape index (κ2) is 5.29. The molecule has 0 aromatic carbocycles. The topological polar surface area (TPSA) is 50.7 Å². The number of thiazole rings is 1. The summed E-state index contributed by atoms with van der Waals surface area (Å²) < 4.78 is 0. The minimum Gasteiger partial charge on any atom is -0.310 e. The van der Waals surface area contributed by atoms with Gasteiger partial charge in [-0.15, -0.1) is 21.5 Å². The van der Waals surface area contributed by atoms with Crippen LogP contribution in [0.4, 0.5) is 0 Å². The van der Waals surface area contributed by atoms with Crippen molar-refractivity contribution in [3.8, 4) is 9.88 Å². The Morgan fingerprint density at radius 2 is 2.33 bits per heavy atom. The third-order valence-electron chi connectivity index (χ3n) is 1.81. The Labute approximate surface area is 96.4 Å². The van der Waals surface area contributed by atoms with Crippen LogP contribution in [0.3, 0.4) is 0 Å². The number of hydrogen-bond donors (Lipinski definition) is 1. The molecular weight excluding hydrogens is 228 g/mol. The number of rotatable bonds is 5. The van der Waals surface area contributed by atoms with Crippen molar-refractivity contribution in [2.45, 2.75) is 19.9 Å². The fourth-order valence-corrected chi connectivity index (χ4v) is 2.60. The van der Waals surface area contributed by atoms with Crippen molar-refractivity contribution in [2.75, 3.05) is 6.54 Å². The molecule has 4 nitrogen and oxygen atoms in total. The highest BCUT2D eigenvalue weighted by Crippen LogP contribution is 2.26. The molecule has 2 aromatic heterocycles. The molecule has 0 unspecified atom stereocenters. The van der Waals surface area contributed by atoms with Gasteiger partial charge in [-0.2, -0.15) is 0 Å². The van der Waals surface area contributed by atoms with Gasteiger partial charge in [0.25, 0.3) is 0 Å². The van der Waals surface area contributed by atoms with Crippen LogP contribution < -0.4 is 5.32 Å². The normalized spacial score (nSPS) is 10.7. The maximum Gasteiger partial charge on any atom is 0.159 e. The minimum atomic E-state index is 0.810. The van der Waals surface area contributed by atoms with Crippen LogP contribution in [0.15, 0.2) is 11.7 Å². The lowest BCUT2D eigenvalue weighted by atomic mass is 10.5. The number of nitrogens with zero attached hydrogens (tertiary/aromatic N) is 3. The predicted molar refractivity (Wildman–Crippen MR) is 63.0 cm³/mol. The van der Waals surface area contributed by atoms with E-state index in [2.05, 4.69) is 27.4 Å². The molecule has 15 heavy (non-hydrogen) atoms. The Hall–Kier alpha value is -0.850. The highest BCUT2D eigenvalue weighted by molar-refractivity contribution is 7.20. The van der Waals surface area contributed by atoms with Gasteiger partial charge >= 0.3 is 0 Å². The van der Waals surface area contributed by atoms with E-state index >= 15 is 0 Å². The van der Waals surface area contributed by atoms with Gasteiger partial charge in [0, 0.05) is 12.7 Å². The lowest BCUT2D eigenvalue weighted by Gasteiger charge is -1.96. The molecule has 0 amide bonds. The molecule has 0 fully saturated rings. The summed E-state index contributed by atoms with van der Waals surface area (Å²) in [5.74, 6) is 0. The second-order valence-corrected chi connectivity index (χ2v) is 4.99. The third-order valence-corrected chi connectivity index (χ3v) is 3.68. The molecular formula is C9H12N4S2. The van der Waals surface area contributed by atoms with Gasteiger partial charge in [-0.25, -0.2) is 0 Å². The molecule has 0 saturated heterocycles. The van der Waals surface area contributed by atoms with E-state index in [4.69, 9.17) is 0 Å². The van der Waals surface area contributed by atoms with Crippen molar-refractivity contribution in [3.05, 3.63) is 16.7 Å². The van der Waals surface area contributed by atoms with E-state index in [1.165, 1.54) is 0 Å². The molecule has 2 heterocycles. The first-order chi connectivity index (χ1) is 7.40. The summed E-state index contributed by atoms with van der Waals surface area (Å²) in [6.07, 6.45) is 2.97. The number of hydrogen-bond acceptors (Lipinski definition) is 6. The minimum absolute atomic E-state index is 0.810. The lowest BCUT2D eigenvalue weighted by Crippen LogP contribution is -2.13. The molecule has 6 heteroatoms. The van der Waals surface area contributed by atoms with Gasteiger partial charge in [0.15, 0.2) is 5.01 Å². The van der Waals surface area contributed by atoms with E-state index in [1.54, 1.807) is 22.7 Å². The monoisotopic (exact) mass is 240 g/mol. The van der Waals surface area contributed by atoms with E-state index in [-0.39, 0.29) is 0 Å². The number of nitrogens with one attached hydrogen (secondary N) is 1. The lowest BCUT2D eigenvalue weighted by molar-refractivity contribution is 0.668. The van der Waals surface area contributed by atoms with Crippen molar-refractivity contribution in [3.63, 3.8) is 0 Å². The van der Waals surface area contributed by atoms with Crippen LogP contribution in [0.1, 0.15) is 18.4 Å². The van der Waals surface area contributed by atoms with Gasteiger partial charge in [0.2, 0.25) is 0 Å². The van der Waals surface area contributed by atoms with Crippen molar-refractivity contribution < 1.29 is 0 Å². The highest BCUT2D eigenvalue weighted by atomic mass is 32.1. The first kappa shape index (κ1) is 10.7. The smallest absolute Gasteiger partial charge is 0.159 e. The van der Waals surface area contributed by atoms with E-state index in [1.807, 2.05) is 11.7 Å². The zero-order valence-corrected chi connectivity index (χ0v) is 10.1. The average molecular weight is 240 g/mol. The maximum absolute atomic E-state index is 4.14. The Morgan fingerprint density at radius 3 is 3.07 bits per heavy atom. The van der Waals surface area contributed by atoms with Crippen LogP contribution in [0.25, 0.3) is 9.88 Å². The van der Waals surface area contributed by atoms with Crippen molar-refractivity contribution in [1.29, 1.82) is 0 Å². The standard InChI is InChI=1S/C9H12N4S2/c1-2-3-10-5-8-12-13-9(15-8)7-4-11-6-14-7/h4,6,10H,2-3,5H2,1H3. The van der Waals surface area contributed by atoms with Crippen molar-refractivity contribution in [2.24, 2.45) is 0 Å². The predicted octanol–water partition coefficient (Wildman–Crippen LogP) is 2.16. The van der Waals surface area contributed by atoms with Crippen LogP contribution in [0, 0.1) is 0 Å². The zero-order chi connectivity index (χ0) is 10.5. The fraction of sp³-hybridized carbons (Fsp3) is 0.444. The molecule has 0 atom stereocenters. The highest BCUT2D eigenvalue weighted by Gasteiger charge is 2.06. The van der Waals surface area contributed by atoms with E-state index in [0.29, 0.717) is 0 Å². The summed E-state index contributed by atoms with van der Waals surface area (Å²) in [6, 6.07) is 0. The summed E-state index contributed by atoms with van der Waals surface area (Å²) in [5, 5.41) is 13.6. The van der Waals surface area contributed by atoms with Gasteiger partial charge in [0.1, 0.15) is 5.01 Å². The summed E-state index contributed by atoms with van der Waals surface area (Å²) in [4.78, 5) is 5.12. The summed E-state index contributed by atoms with van der Waals surface area (Å²) in [7, 11) is 0. The summed E-state index contributed by atoms with van der Waals surface area (Å²) >= 11 is 3.22. The van der Waals surface area contributed by atoms with Gasteiger partial charge in [-0.3, -0.25) is 4.98 Å². The van der Waals surface area contributed by atoms with Crippen LogP contribution in [0.2, 0.25) is 0 Å². The van der Waals surface area contributed by atoms with Gasteiger partial charge < -0.3 is 5.32 Å². The molecule has 2 rings (SSSR count). The average Bonchev–Trinajstić information content (AvgIpc) is 2.87. The number of aromatic nitrogens is 3. The molecule has 0 saturated carbocycles. The molecule has 0 aliphatic carbocycles. The fourth-order valence-electron chi connectivity index (χ4n) is 1.12. The molecule has 0 radical (unpaired) electrons. The first-order valence-electron chi connectivity index (χ1n) is 4.82. The quantitative estimate of drug-likeness (QED) is 0.814. The molecule has 0 aliphatic heterocycles. The molecule has 2 aromatic rings. The maximum atomic E-state index is 4.14. The Balaban J connectivity index is 1.98. The Morgan fingerprint density at radius 1 is 1.40 bits per heavy atom. The van der Waals surface area contributed by atoms with Crippen molar-refractivity contribution >= 4 is 22.7 Å². The van der Waals surface area contributed by atoms with Gasteiger partial charge in [-0.1, -0.05) is 18.3 Å². The van der Waals surface area contributed by atoms with Gasteiger partial charge in [-0.05, 0) is 13.0 Å². The van der Waals surface area contributed by atoms with Crippen LogP contribution >= 0.6 is 22.7 Å².